The summed E-state index contributed by atoms with van der Waals surface area (Å²) in [6, 6.07) is 10.6. The Morgan fingerprint density at radius 2 is 1.88 bits per heavy atom. The molecule has 2 aliphatic rings. The zero-order valence-electron chi connectivity index (χ0n) is 17.6. The smallest absolute Gasteiger partial charge is 0.391 e. The molecule has 5 rings (SSSR count). The quantitative estimate of drug-likeness (QED) is 0.600. The Kier molecular flexibility index (Phi) is 5.45. The first-order valence-electron chi connectivity index (χ1n) is 10.8. The highest BCUT2D eigenvalue weighted by Gasteiger charge is 2.36. The number of nitrogens with zero attached hydrogens (tertiary/aromatic N) is 3. The van der Waals surface area contributed by atoms with Gasteiger partial charge in [-0.15, -0.1) is 0 Å². The zero-order chi connectivity index (χ0) is 23.3. The van der Waals surface area contributed by atoms with Gasteiger partial charge in [0.15, 0.2) is 0 Å². The van der Waals surface area contributed by atoms with Crippen molar-refractivity contribution in [1.82, 2.24) is 9.78 Å². The van der Waals surface area contributed by atoms with Gasteiger partial charge in [0.05, 0.1) is 23.0 Å². The molecule has 0 spiro atoms. The Morgan fingerprint density at radius 3 is 2.58 bits per heavy atom. The number of aliphatic hydroxyl groups excluding tert-OH is 1. The highest BCUT2D eigenvalue weighted by molar-refractivity contribution is 6.30. The summed E-state index contributed by atoms with van der Waals surface area (Å²) < 4.78 is 42.8. The number of fused-ring (bicyclic) bond motifs is 1. The van der Waals surface area contributed by atoms with Crippen molar-refractivity contribution in [2.75, 3.05) is 18.0 Å². The Hall–Kier alpha value is -2.84. The molecule has 2 heterocycles. The molecular formula is C24H21ClF3N3O2. The topological polar surface area (TPSA) is 58.4 Å². The number of halogens is 4. The first-order valence-corrected chi connectivity index (χ1v) is 11.2. The van der Waals surface area contributed by atoms with Crippen LogP contribution in [0.2, 0.25) is 5.02 Å². The van der Waals surface area contributed by atoms with Crippen LogP contribution in [0.15, 0.2) is 47.3 Å². The van der Waals surface area contributed by atoms with Crippen LogP contribution in [0.25, 0.3) is 16.9 Å². The lowest BCUT2D eigenvalue weighted by Crippen LogP contribution is -2.29. The molecule has 1 saturated heterocycles. The third kappa shape index (κ3) is 4.02. The van der Waals surface area contributed by atoms with Crippen LogP contribution in [0.3, 0.4) is 0 Å². The van der Waals surface area contributed by atoms with Gasteiger partial charge in [-0.3, -0.25) is 4.79 Å². The van der Waals surface area contributed by atoms with Crippen molar-refractivity contribution in [2.45, 2.75) is 38.0 Å². The average molecular weight is 476 g/mol. The summed E-state index contributed by atoms with van der Waals surface area (Å²) >= 11 is 6.15. The molecule has 1 N–H and O–H groups in total. The number of aromatic nitrogens is 2. The average Bonchev–Trinajstić information content (AvgIpc) is 3.43. The van der Waals surface area contributed by atoms with Gasteiger partial charge < -0.3 is 10.0 Å². The van der Waals surface area contributed by atoms with Crippen molar-refractivity contribution in [1.29, 1.82) is 0 Å². The lowest BCUT2D eigenvalue weighted by Gasteiger charge is -2.22. The predicted molar refractivity (Wildman–Crippen MR) is 120 cm³/mol. The van der Waals surface area contributed by atoms with E-state index in [0.717, 1.165) is 22.7 Å². The van der Waals surface area contributed by atoms with E-state index in [2.05, 4.69) is 5.10 Å². The van der Waals surface area contributed by atoms with E-state index in [0.29, 0.717) is 59.9 Å². The molecular weight excluding hydrogens is 455 g/mol. The van der Waals surface area contributed by atoms with E-state index in [1.54, 1.807) is 24.3 Å². The second kappa shape index (κ2) is 8.18. The number of aliphatic hydroxyl groups is 1. The van der Waals surface area contributed by atoms with Crippen molar-refractivity contribution in [3.05, 3.63) is 74.5 Å². The highest BCUT2D eigenvalue weighted by atomic mass is 35.5. The minimum absolute atomic E-state index is 0.315. The Labute approximate surface area is 193 Å². The Bertz CT molecular complexity index is 1290. The number of rotatable bonds is 3. The second-order valence-corrected chi connectivity index (χ2v) is 8.91. The van der Waals surface area contributed by atoms with E-state index in [1.165, 1.54) is 12.1 Å². The van der Waals surface area contributed by atoms with Gasteiger partial charge in [-0.2, -0.15) is 23.0 Å². The molecule has 1 aliphatic carbocycles. The maximum atomic E-state index is 14.0. The molecule has 5 nitrogen and oxygen atoms in total. The van der Waals surface area contributed by atoms with Crippen molar-refractivity contribution >= 4 is 17.3 Å². The van der Waals surface area contributed by atoms with E-state index >= 15 is 0 Å². The van der Waals surface area contributed by atoms with Crippen LogP contribution in [0.5, 0.6) is 0 Å². The van der Waals surface area contributed by atoms with Crippen LogP contribution >= 0.6 is 11.6 Å². The van der Waals surface area contributed by atoms with Gasteiger partial charge in [-0.05, 0) is 61.6 Å². The molecule has 0 radical (unpaired) electrons. The summed E-state index contributed by atoms with van der Waals surface area (Å²) in [6.07, 6.45) is -2.81. The van der Waals surface area contributed by atoms with Crippen molar-refractivity contribution in [2.24, 2.45) is 0 Å². The van der Waals surface area contributed by atoms with E-state index < -0.39 is 23.4 Å². The van der Waals surface area contributed by atoms with E-state index in [-0.39, 0.29) is 5.69 Å². The minimum atomic E-state index is -4.67. The maximum Gasteiger partial charge on any atom is 0.418 e. The highest BCUT2D eigenvalue weighted by Crippen LogP contribution is 2.37. The second-order valence-electron chi connectivity index (χ2n) is 8.47. The summed E-state index contributed by atoms with van der Waals surface area (Å²) in [4.78, 5) is 15.1. The molecule has 1 fully saturated rings. The first-order chi connectivity index (χ1) is 15.7. The van der Waals surface area contributed by atoms with E-state index in [4.69, 9.17) is 11.6 Å². The summed E-state index contributed by atoms with van der Waals surface area (Å²) in [6.45, 7) is 0.845. The summed E-state index contributed by atoms with van der Waals surface area (Å²) in [7, 11) is 0. The zero-order valence-corrected chi connectivity index (χ0v) is 18.3. The van der Waals surface area contributed by atoms with Crippen LogP contribution in [0.4, 0.5) is 18.9 Å². The molecule has 0 saturated carbocycles. The maximum absolute atomic E-state index is 14.0. The van der Waals surface area contributed by atoms with Gasteiger partial charge in [-0.25, -0.2) is 0 Å². The number of anilines is 1. The first kappa shape index (κ1) is 22.0. The molecule has 2 aromatic carbocycles. The van der Waals surface area contributed by atoms with Gasteiger partial charge >= 0.3 is 6.18 Å². The van der Waals surface area contributed by atoms with Gasteiger partial charge in [0.25, 0.3) is 5.56 Å². The molecule has 33 heavy (non-hydrogen) atoms. The lowest BCUT2D eigenvalue weighted by atomic mass is 10.0. The molecule has 0 unspecified atom stereocenters. The molecule has 9 heteroatoms. The Balaban J connectivity index is 1.75. The van der Waals surface area contributed by atoms with Crippen LogP contribution in [-0.4, -0.2) is 34.1 Å². The summed E-state index contributed by atoms with van der Waals surface area (Å²) in [5.41, 5.74) is 1.12. The number of benzene rings is 2. The number of hydrogen-bond acceptors (Lipinski definition) is 4. The largest absolute Gasteiger partial charge is 0.418 e. The molecule has 1 aromatic heterocycles. The lowest BCUT2D eigenvalue weighted by molar-refractivity contribution is -0.137. The number of hydrogen-bond donors (Lipinski definition) is 1. The van der Waals surface area contributed by atoms with E-state index in [9.17, 15) is 23.1 Å². The molecule has 0 bridgehead atoms. The van der Waals surface area contributed by atoms with Crippen molar-refractivity contribution in [3.8, 4) is 16.9 Å². The summed E-state index contributed by atoms with van der Waals surface area (Å²) in [5.74, 6) is 0. The fourth-order valence-electron chi connectivity index (χ4n) is 4.71. The van der Waals surface area contributed by atoms with Crippen LogP contribution < -0.4 is 10.5 Å². The fraction of sp³-hybridized carbons (Fsp3) is 0.333. The molecule has 1 aliphatic heterocycles. The standard InChI is InChI=1S/C24H21ClF3N3O2/c25-15-4-1-3-14(11-15)22-18-5-2-6-19(18)23(33)31(29-22)21-12-16(30-10-9-17(32)13-30)7-8-20(21)24(26,27)28/h1,3-4,7-8,11-12,17,32H,2,5-6,9-10,13H2/t17-/m0/s1. The van der Waals surface area contributed by atoms with Crippen molar-refractivity contribution < 1.29 is 18.3 Å². The Morgan fingerprint density at radius 1 is 1.09 bits per heavy atom. The fourth-order valence-corrected chi connectivity index (χ4v) is 4.90. The third-order valence-corrected chi connectivity index (χ3v) is 6.53. The van der Waals surface area contributed by atoms with Crippen molar-refractivity contribution in [3.63, 3.8) is 0 Å². The molecule has 0 amide bonds. The molecule has 1 atom stereocenters. The van der Waals surface area contributed by atoms with Crippen LogP contribution in [0.1, 0.15) is 29.5 Å². The van der Waals surface area contributed by atoms with Gasteiger partial charge in [-0.1, -0.05) is 23.7 Å². The number of alkyl halides is 3. The third-order valence-electron chi connectivity index (χ3n) is 6.30. The van der Waals surface area contributed by atoms with Gasteiger partial charge in [0, 0.05) is 34.9 Å². The molecule has 3 aromatic rings. The van der Waals surface area contributed by atoms with Crippen LogP contribution in [0, 0.1) is 0 Å². The SMILES string of the molecule is O=c1c2c(c(-c3cccc(Cl)c3)nn1-c1cc(N3CC[C@H](O)C3)ccc1C(F)(F)F)CCC2. The van der Waals surface area contributed by atoms with Gasteiger partial charge in [0.2, 0.25) is 0 Å². The normalized spacial score (nSPS) is 18.1. The molecule has 172 valence electrons. The minimum Gasteiger partial charge on any atom is -0.391 e. The van der Waals surface area contributed by atoms with Gasteiger partial charge in [0.1, 0.15) is 0 Å². The monoisotopic (exact) mass is 475 g/mol. The predicted octanol–water partition coefficient (Wildman–Crippen LogP) is 4.63. The van der Waals surface area contributed by atoms with Crippen LogP contribution in [-0.2, 0) is 19.0 Å². The van der Waals surface area contributed by atoms with E-state index in [1.807, 2.05) is 4.90 Å². The summed E-state index contributed by atoms with van der Waals surface area (Å²) in [5, 5.41) is 14.8. The number of β-amino-alcohol motifs (C(OH)–C–C–N with tert-alkyl or cyclic N) is 1.